The van der Waals surface area contributed by atoms with Crippen molar-refractivity contribution in [3.05, 3.63) is 40.3 Å². The van der Waals surface area contributed by atoms with E-state index in [9.17, 15) is 5.26 Å². The van der Waals surface area contributed by atoms with Gasteiger partial charge in [0.05, 0.1) is 53.5 Å². The second-order valence-electron chi connectivity index (χ2n) is 10.5. The average Bonchev–Trinajstić information content (AvgIpc) is 3.47. The van der Waals surface area contributed by atoms with Gasteiger partial charge in [0, 0.05) is 25.2 Å². The summed E-state index contributed by atoms with van der Waals surface area (Å²) in [4.78, 5) is 17.5. The Bertz CT molecular complexity index is 1480. The van der Waals surface area contributed by atoms with E-state index in [4.69, 9.17) is 22.9 Å². The van der Waals surface area contributed by atoms with Crippen molar-refractivity contribution in [1.29, 1.82) is 5.26 Å². The highest BCUT2D eigenvalue weighted by atomic mass is 35.5. The van der Waals surface area contributed by atoms with Gasteiger partial charge in [0.2, 0.25) is 0 Å². The van der Waals surface area contributed by atoms with Gasteiger partial charge in [-0.1, -0.05) is 23.3 Å². The fourth-order valence-corrected chi connectivity index (χ4v) is 6.17. The number of nitriles is 1. The summed E-state index contributed by atoms with van der Waals surface area (Å²) in [5, 5.41) is 21.5. The molecule has 4 fully saturated rings. The lowest BCUT2D eigenvalue weighted by Gasteiger charge is -2.44. The molecule has 1 aliphatic carbocycles. The van der Waals surface area contributed by atoms with Crippen LogP contribution >= 0.6 is 11.6 Å². The van der Waals surface area contributed by atoms with E-state index in [2.05, 4.69) is 46.4 Å². The van der Waals surface area contributed by atoms with Crippen LogP contribution in [0.5, 0.6) is 0 Å². The first-order valence-electron chi connectivity index (χ1n) is 13.1. The van der Waals surface area contributed by atoms with Crippen LogP contribution in [-0.2, 0) is 4.74 Å². The molecule has 38 heavy (non-hydrogen) atoms. The third-order valence-electron chi connectivity index (χ3n) is 8.14. The van der Waals surface area contributed by atoms with Crippen molar-refractivity contribution in [2.24, 2.45) is 5.92 Å². The van der Waals surface area contributed by atoms with Gasteiger partial charge in [-0.3, -0.25) is 4.90 Å². The number of benzene rings is 1. The van der Waals surface area contributed by atoms with E-state index in [-0.39, 0.29) is 5.95 Å². The Balaban J connectivity index is 1.21. The molecule has 1 saturated carbocycles. The van der Waals surface area contributed by atoms with Crippen LogP contribution in [0.25, 0.3) is 10.5 Å². The largest absolute Gasteiger partial charge is 0.378 e. The SMILES string of the molecule is [C-]#[N+]c1cnc2c(NC3CC3)nc(Nc3cc(C#N)cc(N4CCC5CCN(C6COC6)C5C4)c3Cl)nn12. The van der Waals surface area contributed by atoms with Gasteiger partial charge in [-0.15, -0.1) is 4.52 Å². The standard InChI is InChI=1S/C26H27ClN10O/c1-29-22-11-30-25-24(31-17-2-3-17)33-26(34-37(22)25)32-19-8-15(10-28)9-20(23(19)27)35-6-4-16-5-7-36(21(16)12-35)18-13-38-14-18/h8-9,11,16-18,21H,2-7,12-14H2,(H2,31,32,33,34). The lowest BCUT2D eigenvalue weighted by Crippen LogP contribution is -2.56. The van der Waals surface area contributed by atoms with Crippen molar-refractivity contribution in [3.8, 4) is 6.07 Å². The number of aromatic nitrogens is 4. The average molecular weight is 531 g/mol. The van der Waals surface area contributed by atoms with E-state index in [1.807, 2.05) is 6.07 Å². The third kappa shape index (κ3) is 4.08. The zero-order valence-corrected chi connectivity index (χ0v) is 21.5. The van der Waals surface area contributed by atoms with Crippen LogP contribution in [0.1, 0.15) is 31.2 Å². The van der Waals surface area contributed by atoms with Crippen molar-refractivity contribution in [2.75, 3.05) is 48.4 Å². The summed E-state index contributed by atoms with van der Waals surface area (Å²) in [7, 11) is 0. The van der Waals surface area contributed by atoms with Crippen LogP contribution in [0.2, 0.25) is 5.02 Å². The number of rotatable bonds is 6. The lowest BCUT2D eigenvalue weighted by atomic mass is 9.91. The monoisotopic (exact) mass is 530 g/mol. The maximum absolute atomic E-state index is 9.83. The molecule has 7 rings (SSSR count). The molecule has 4 aliphatic rings. The van der Waals surface area contributed by atoms with Gasteiger partial charge in [-0.2, -0.15) is 10.2 Å². The van der Waals surface area contributed by atoms with Gasteiger partial charge in [0.1, 0.15) is 0 Å². The predicted molar refractivity (Wildman–Crippen MR) is 143 cm³/mol. The first-order chi connectivity index (χ1) is 18.6. The summed E-state index contributed by atoms with van der Waals surface area (Å²) in [6.07, 6.45) is 5.95. The molecule has 11 nitrogen and oxygen atoms in total. The second-order valence-corrected chi connectivity index (χ2v) is 10.9. The molecule has 2 unspecified atom stereocenters. The van der Waals surface area contributed by atoms with E-state index in [1.54, 1.807) is 6.07 Å². The molecule has 194 valence electrons. The van der Waals surface area contributed by atoms with Crippen molar-refractivity contribution in [2.45, 2.75) is 43.8 Å². The summed E-state index contributed by atoms with van der Waals surface area (Å²) in [6.45, 7) is 12.0. The predicted octanol–water partition coefficient (Wildman–Crippen LogP) is 3.82. The molecule has 2 atom stereocenters. The molecular weight excluding hydrogens is 504 g/mol. The molecule has 5 heterocycles. The summed E-state index contributed by atoms with van der Waals surface area (Å²) < 4.78 is 6.96. The number of fused-ring (bicyclic) bond motifs is 2. The topological polar surface area (TPSA) is 111 Å². The number of nitrogens with one attached hydrogen (secondary N) is 2. The number of anilines is 4. The number of hydrogen-bond acceptors (Lipinski definition) is 9. The lowest BCUT2D eigenvalue weighted by molar-refractivity contribution is -0.0718. The quantitative estimate of drug-likeness (QED) is 0.459. The maximum Gasteiger partial charge on any atom is 0.275 e. The minimum Gasteiger partial charge on any atom is -0.378 e. The first kappa shape index (κ1) is 23.5. The van der Waals surface area contributed by atoms with Gasteiger partial charge >= 0.3 is 0 Å². The van der Waals surface area contributed by atoms with Crippen molar-refractivity contribution in [1.82, 2.24) is 24.5 Å². The zero-order chi connectivity index (χ0) is 25.8. The highest BCUT2D eigenvalue weighted by Gasteiger charge is 2.43. The molecule has 2 N–H and O–H groups in total. The minimum atomic E-state index is 0.275. The van der Waals surface area contributed by atoms with Crippen molar-refractivity contribution < 1.29 is 4.74 Å². The molecular formula is C26H27ClN10O. The highest BCUT2D eigenvalue weighted by Crippen LogP contribution is 2.41. The molecule has 1 aromatic carbocycles. The molecule has 0 spiro atoms. The molecule has 3 saturated heterocycles. The zero-order valence-electron chi connectivity index (χ0n) is 20.8. The Morgan fingerprint density at radius 3 is 2.76 bits per heavy atom. The van der Waals surface area contributed by atoms with E-state index >= 15 is 0 Å². The normalized spacial score (nSPS) is 23.5. The Morgan fingerprint density at radius 1 is 1.18 bits per heavy atom. The van der Waals surface area contributed by atoms with Crippen LogP contribution in [0.15, 0.2) is 18.3 Å². The van der Waals surface area contributed by atoms with Gasteiger partial charge in [-0.05, 0) is 50.3 Å². The molecule has 3 aromatic rings. The van der Waals surface area contributed by atoms with Crippen molar-refractivity contribution >= 4 is 46.2 Å². The van der Waals surface area contributed by atoms with Gasteiger partial charge in [0.15, 0.2) is 5.82 Å². The van der Waals surface area contributed by atoms with Crippen LogP contribution < -0.4 is 15.5 Å². The van der Waals surface area contributed by atoms with E-state index in [0.29, 0.717) is 57.6 Å². The Labute approximate surface area is 225 Å². The van der Waals surface area contributed by atoms with E-state index in [0.717, 1.165) is 57.8 Å². The van der Waals surface area contributed by atoms with Crippen molar-refractivity contribution in [3.63, 3.8) is 0 Å². The first-order valence-corrected chi connectivity index (χ1v) is 13.5. The van der Waals surface area contributed by atoms with Crippen LogP contribution in [0, 0.1) is 23.8 Å². The van der Waals surface area contributed by atoms with Crippen LogP contribution in [-0.4, -0.2) is 75.5 Å². The molecule has 0 amide bonds. The number of ether oxygens (including phenoxy) is 1. The molecule has 3 aliphatic heterocycles. The van der Waals surface area contributed by atoms with Gasteiger partial charge < -0.3 is 25.1 Å². The third-order valence-corrected chi connectivity index (χ3v) is 8.54. The van der Waals surface area contributed by atoms with E-state index in [1.165, 1.54) is 17.1 Å². The van der Waals surface area contributed by atoms with Gasteiger partial charge in [0.25, 0.3) is 17.4 Å². The van der Waals surface area contributed by atoms with E-state index < -0.39 is 0 Å². The molecule has 12 heteroatoms. The minimum absolute atomic E-state index is 0.275. The Kier molecular flexibility index (Phi) is 5.73. The molecule has 2 aromatic heterocycles. The van der Waals surface area contributed by atoms with Crippen LogP contribution in [0.3, 0.4) is 0 Å². The van der Waals surface area contributed by atoms with Crippen LogP contribution in [0.4, 0.5) is 29.0 Å². The number of halogens is 1. The maximum atomic E-state index is 9.83. The van der Waals surface area contributed by atoms with Gasteiger partial charge in [-0.25, -0.2) is 4.98 Å². The number of imidazole rings is 1. The Hall–Kier alpha value is -3.64. The fraction of sp³-hybridized carbons (Fsp3) is 0.500. The summed E-state index contributed by atoms with van der Waals surface area (Å²) in [5.74, 6) is 1.82. The summed E-state index contributed by atoms with van der Waals surface area (Å²) >= 11 is 7.01. The Morgan fingerprint density at radius 2 is 2.03 bits per heavy atom. The number of piperidine rings is 1. The molecule has 0 radical (unpaired) electrons. The second kappa shape index (κ2) is 9.28. The summed E-state index contributed by atoms with van der Waals surface area (Å²) in [6, 6.07) is 7.19. The highest BCUT2D eigenvalue weighted by molar-refractivity contribution is 6.36. The summed E-state index contributed by atoms with van der Waals surface area (Å²) in [5.41, 5.74) is 2.41. The smallest absolute Gasteiger partial charge is 0.275 e. The number of likely N-dealkylation sites (tertiary alicyclic amines) is 1. The number of nitrogens with zero attached hydrogens (tertiary/aromatic N) is 8. The molecule has 0 bridgehead atoms. The fourth-order valence-electron chi connectivity index (χ4n) is 5.89. The number of hydrogen-bond donors (Lipinski definition) is 2.